The predicted octanol–water partition coefficient (Wildman–Crippen LogP) is 4.89. The number of hydrogen-bond donors (Lipinski definition) is 0. The van der Waals surface area contributed by atoms with E-state index in [1.165, 1.54) is 5.56 Å². The third-order valence-electron chi connectivity index (χ3n) is 5.70. The number of rotatable bonds is 7. The topological polar surface area (TPSA) is 52.6 Å². The van der Waals surface area contributed by atoms with Gasteiger partial charge in [-0.2, -0.15) is 0 Å². The van der Waals surface area contributed by atoms with Crippen molar-refractivity contribution >= 4 is 11.9 Å². The van der Waals surface area contributed by atoms with Gasteiger partial charge in [-0.15, -0.1) is 0 Å². The van der Waals surface area contributed by atoms with Crippen LogP contribution in [-0.2, 0) is 20.7 Å². The van der Waals surface area contributed by atoms with E-state index in [1.54, 1.807) is 6.07 Å². The highest BCUT2D eigenvalue weighted by molar-refractivity contribution is 5.91. The minimum absolute atomic E-state index is 0.244. The fourth-order valence-corrected chi connectivity index (χ4v) is 4.11. The fourth-order valence-electron chi connectivity index (χ4n) is 4.11. The van der Waals surface area contributed by atoms with Crippen molar-refractivity contribution in [3.8, 4) is 0 Å². The van der Waals surface area contributed by atoms with Crippen molar-refractivity contribution < 1.29 is 19.1 Å². The normalized spacial score (nSPS) is 21.3. The van der Waals surface area contributed by atoms with E-state index in [9.17, 15) is 9.59 Å². The first kappa shape index (κ1) is 20.1. The maximum Gasteiger partial charge on any atom is 0.338 e. The number of aryl methyl sites for hydroxylation is 2. The SMILES string of the molecule is CCOC(=O)C1(CCc2ccccc2)CCCC1OC(=O)c1ccccc1C. The number of ether oxygens (including phenoxy) is 2. The second-order valence-electron chi connectivity index (χ2n) is 7.46. The Balaban J connectivity index is 1.81. The van der Waals surface area contributed by atoms with Crippen LogP contribution in [0.4, 0.5) is 0 Å². The molecule has 4 nitrogen and oxygen atoms in total. The molecule has 4 heteroatoms. The zero-order valence-electron chi connectivity index (χ0n) is 16.6. The van der Waals surface area contributed by atoms with E-state index in [-0.39, 0.29) is 11.9 Å². The summed E-state index contributed by atoms with van der Waals surface area (Å²) in [5.74, 6) is -0.607. The highest BCUT2D eigenvalue weighted by Gasteiger charge is 2.52. The molecule has 1 saturated carbocycles. The van der Waals surface area contributed by atoms with Gasteiger partial charge in [0.25, 0.3) is 0 Å². The van der Waals surface area contributed by atoms with Crippen LogP contribution in [0.5, 0.6) is 0 Å². The first-order chi connectivity index (χ1) is 13.6. The van der Waals surface area contributed by atoms with Crippen molar-refractivity contribution in [1.29, 1.82) is 0 Å². The lowest BCUT2D eigenvalue weighted by Gasteiger charge is -2.33. The van der Waals surface area contributed by atoms with Crippen LogP contribution in [0.25, 0.3) is 0 Å². The van der Waals surface area contributed by atoms with Gasteiger partial charge >= 0.3 is 11.9 Å². The minimum Gasteiger partial charge on any atom is -0.465 e. The first-order valence-corrected chi connectivity index (χ1v) is 10.0. The molecule has 1 fully saturated rings. The Morgan fingerprint density at radius 2 is 1.79 bits per heavy atom. The van der Waals surface area contributed by atoms with Crippen LogP contribution in [0.1, 0.15) is 54.1 Å². The summed E-state index contributed by atoms with van der Waals surface area (Å²) in [6, 6.07) is 17.5. The molecule has 0 aliphatic heterocycles. The molecule has 0 radical (unpaired) electrons. The van der Waals surface area contributed by atoms with Crippen LogP contribution in [0.15, 0.2) is 54.6 Å². The van der Waals surface area contributed by atoms with Gasteiger partial charge in [0.15, 0.2) is 0 Å². The molecule has 3 rings (SSSR count). The lowest BCUT2D eigenvalue weighted by atomic mass is 9.78. The summed E-state index contributed by atoms with van der Waals surface area (Å²) in [6.45, 7) is 4.02. The zero-order valence-corrected chi connectivity index (χ0v) is 16.6. The Labute approximate surface area is 166 Å². The van der Waals surface area contributed by atoms with Gasteiger partial charge in [-0.25, -0.2) is 4.79 Å². The molecule has 28 heavy (non-hydrogen) atoms. The van der Waals surface area contributed by atoms with E-state index >= 15 is 0 Å². The second-order valence-corrected chi connectivity index (χ2v) is 7.46. The van der Waals surface area contributed by atoms with E-state index in [2.05, 4.69) is 12.1 Å². The van der Waals surface area contributed by atoms with E-state index in [4.69, 9.17) is 9.47 Å². The van der Waals surface area contributed by atoms with Crippen LogP contribution in [0.3, 0.4) is 0 Å². The van der Waals surface area contributed by atoms with Gasteiger partial charge in [0.2, 0.25) is 0 Å². The quantitative estimate of drug-likeness (QED) is 0.642. The van der Waals surface area contributed by atoms with Gasteiger partial charge in [-0.1, -0.05) is 48.5 Å². The molecule has 0 bridgehead atoms. The van der Waals surface area contributed by atoms with Gasteiger partial charge in [-0.3, -0.25) is 4.79 Å². The molecule has 2 aromatic carbocycles. The summed E-state index contributed by atoms with van der Waals surface area (Å²) in [4.78, 5) is 25.8. The molecule has 0 N–H and O–H groups in total. The van der Waals surface area contributed by atoms with Crippen LogP contribution in [-0.4, -0.2) is 24.6 Å². The highest BCUT2D eigenvalue weighted by Crippen LogP contribution is 2.45. The molecule has 0 spiro atoms. The third-order valence-corrected chi connectivity index (χ3v) is 5.70. The summed E-state index contributed by atoms with van der Waals surface area (Å²) in [5, 5.41) is 0. The van der Waals surface area contributed by atoms with Gasteiger partial charge in [0.05, 0.1) is 12.2 Å². The Bertz CT molecular complexity index is 814. The molecule has 0 amide bonds. The van der Waals surface area contributed by atoms with E-state index in [1.807, 2.05) is 50.2 Å². The highest BCUT2D eigenvalue weighted by atomic mass is 16.6. The predicted molar refractivity (Wildman–Crippen MR) is 108 cm³/mol. The number of benzene rings is 2. The number of hydrogen-bond acceptors (Lipinski definition) is 4. The minimum atomic E-state index is -0.774. The van der Waals surface area contributed by atoms with Gasteiger partial charge < -0.3 is 9.47 Å². The molecule has 2 unspecified atom stereocenters. The van der Waals surface area contributed by atoms with Crippen molar-refractivity contribution in [2.24, 2.45) is 5.41 Å². The molecule has 0 saturated heterocycles. The molecule has 2 atom stereocenters. The molecule has 0 aromatic heterocycles. The van der Waals surface area contributed by atoms with Gasteiger partial charge in [0.1, 0.15) is 11.5 Å². The molecular weight excluding hydrogens is 352 g/mol. The standard InChI is InChI=1S/C24H28O4/c1-3-27-23(26)24(17-15-19-11-5-4-6-12-19)16-9-14-21(24)28-22(25)20-13-8-7-10-18(20)2/h4-8,10-13,21H,3,9,14-17H2,1-2H3. The molecule has 0 heterocycles. The molecule has 1 aliphatic rings. The fraction of sp³-hybridized carbons (Fsp3) is 0.417. The number of carbonyl (C=O) groups is 2. The van der Waals surface area contributed by atoms with E-state index < -0.39 is 11.5 Å². The number of carbonyl (C=O) groups excluding carboxylic acids is 2. The van der Waals surface area contributed by atoms with Crippen LogP contribution < -0.4 is 0 Å². The van der Waals surface area contributed by atoms with E-state index in [0.29, 0.717) is 31.4 Å². The van der Waals surface area contributed by atoms with Crippen LogP contribution >= 0.6 is 0 Å². The number of esters is 2. The summed E-state index contributed by atoms with van der Waals surface area (Å²) in [7, 11) is 0. The van der Waals surface area contributed by atoms with E-state index in [0.717, 1.165) is 18.4 Å². The zero-order chi connectivity index (χ0) is 20.0. The van der Waals surface area contributed by atoms with Crippen molar-refractivity contribution in [2.75, 3.05) is 6.61 Å². The average molecular weight is 380 g/mol. The van der Waals surface area contributed by atoms with Crippen molar-refractivity contribution in [1.82, 2.24) is 0 Å². The Kier molecular flexibility index (Phi) is 6.50. The summed E-state index contributed by atoms with van der Waals surface area (Å²) >= 11 is 0. The van der Waals surface area contributed by atoms with Crippen molar-refractivity contribution in [2.45, 2.75) is 52.1 Å². The van der Waals surface area contributed by atoms with Gasteiger partial charge in [-0.05, 0) is 63.1 Å². The lowest BCUT2D eigenvalue weighted by Crippen LogP contribution is -2.42. The molecule has 1 aliphatic carbocycles. The van der Waals surface area contributed by atoms with Crippen LogP contribution in [0, 0.1) is 12.3 Å². The second kappa shape index (κ2) is 9.05. The monoisotopic (exact) mass is 380 g/mol. The maximum atomic E-state index is 13.0. The summed E-state index contributed by atoms with van der Waals surface area (Å²) < 4.78 is 11.3. The third kappa shape index (κ3) is 4.27. The van der Waals surface area contributed by atoms with Gasteiger partial charge in [0, 0.05) is 0 Å². The maximum absolute atomic E-state index is 13.0. The molecule has 2 aromatic rings. The largest absolute Gasteiger partial charge is 0.465 e. The molecular formula is C24H28O4. The summed E-state index contributed by atoms with van der Waals surface area (Å²) in [6.07, 6.45) is 3.12. The Hall–Kier alpha value is -2.62. The van der Waals surface area contributed by atoms with Crippen molar-refractivity contribution in [3.63, 3.8) is 0 Å². The lowest BCUT2D eigenvalue weighted by molar-refractivity contribution is -0.161. The Morgan fingerprint density at radius 1 is 1.07 bits per heavy atom. The first-order valence-electron chi connectivity index (χ1n) is 10.0. The smallest absolute Gasteiger partial charge is 0.338 e. The molecule has 148 valence electrons. The van der Waals surface area contributed by atoms with Crippen LogP contribution in [0.2, 0.25) is 0 Å². The Morgan fingerprint density at radius 3 is 2.50 bits per heavy atom. The van der Waals surface area contributed by atoms with Crippen molar-refractivity contribution in [3.05, 3.63) is 71.3 Å². The average Bonchev–Trinajstić information content (AvgIpc) is 3.11. The summed E-state index contributed by atoms with van der Waals surface area (Å²) in [5.41, 5.74) is 1.82.